The molecule has 21 heavy (non-hydrogen) atoms. The Balaban J connectivity index is 1.97. The lowest BCUT2D eigenvalue weighted by molar-refractivity contribution is 0.160. The second-order valence-electron chi connectivity index (χ2n) is 5.12. The molecule has 1 heterocycles. The molecule has 2 N–H and O–H groups in total. The van der Waals surface area contributed by atoms with Crippen LogP contribution in [0.1, 0.15) is 25.3 Å². The van der Waals surface area contributed by atoms with Crippen molar-refractivity contribution in [3.8, 4) is 11.1 Å². The molecule has 0 fully saturated rings. The summed E-state index contributed by atoms with van der Waals surface area (Å²) in [5.74, 6) is -0.234. The SMILES string of the molecule is CCCC(O)CNCc1ccc(-c2ccncc2)cc1F. The summed E-state index contributed by atoms with van der Waals surface area (Å²) in [4.78, 5) is 3.96. The molecule has 0 aliphatic rings. The third-order valence-corrected chi connectivity index (χ3v) is 3.38. The van der Waals surface area contributed by atoms with Crippen LogP contribution in [0.3, 0.4) is 0 Å². The van der Waals surface area contributed by atoms with Crippen LogP contribution in [0.2, 0.25) is 0 Å². The minimum Gasteiger partial charge on any atom is -0.392 e. The molecule has 1 unspecified atom stereocenters. The molecule has 3 nitrogen and oxygen atoms in total. The molecule has 1 atom stereocenters. The van der Waals surface area contributed by atoms with Crippen molar-refractivity contribution >= 4 is 0 Å². The van der Waals surface area contributed by atoms with E-state index in [0.717, 1.165) is 24.0 Å². The highest BCUT2D eigenvalue weighted by molar-refractivity contribution is 5.63. The summed E-state index contributed by atoms with van der Waals surface area (Å²) in [5.41, 5.74) is 2.39. The maximum Gasteiger partial charge on any atom is 0.128 e. The highest BCUT2D eigenvalue weighted by Crippen LogP contribution is 2.21. The average molecular weight is 288 g/mol. The Hall–Kier alpha value is -1.78. The topological polar surface area (TPSA) is 45.1 Å². The molecule has 0 radical (unpaired) electrons. The van der Waals surface area contributed by atoms with Gasteiger partial charge in [-0.15, -0.1) is 0 Å². The second-order valence-corrected chi connectivity index (χ2v) is 5.12. The third-order valence-electron chi connectivity index (χ3n) is 3.38. The van der Waals surface area contributed by atoms with Gasteiger partial charge in [-0.2, -0.15) is 0 Å². The first-order valence-corrected chi connectivity index (χ1v) is 7.28. The second kappa shape index (κ2) is 7.86. The monoisotopic (exact) mass is 288 g/mol. The molecule has 2 aromatic rings. The van der Waals surface area contributed by atoms with Gasteiger partial charge < -0.3 is 10.4 Å². The number of rotatable bonds is 7. The van der Waals surface area contributed by atoms with Crippen molar-refractivity contribution in [3.63, 3.8) is 0 Å². The van der Waals surface area contributed by atoms with Crippen LogP contribution in [0.25, 0.3) is 11.1 Å². The van der Waals surface area contributed by atoms with Crippen LogP contribution in [0.4, 0.5) is 4.39 Å². The van der Waals surface area contributed by atoms with E-state index in [1.807, 2.05) is 25.1 Å². The lowest BCUT2D eigenvalue weighted by Crippen LogP contribution is -2.26. The molecule has 112 valence electrons. The van der Waals surface area contributed by atoms with Crippen molar-refractivity contribution in [2.75, 3.05) is 6.54 Å². The molecule has 0 bridgehead atoms. The highest BCUT2D eigenvalue weighted by atomic mass is 19.1. The van der Waals surface area contributed by atoms with E-state index >= 15 is 0 Å². The van der Waals surface area contributed by atoms with Crippen molar-refractivity contribution in [2.45, 2.75) is 32.4 Å². The van der Waals surface area contributed by atoms with Crippen LogP contribution in [0.15, 0.2) is 42.7 Å². The van der Waals surface area contributed by atoms with E-state index in [2.05, 4.69) is 10.3 Å². The zero-order valence-corrected chi connectivity index (χ0v) is 12.2. The minimum absolute atomic E-state index is 0.234. The summed E-state index contributed by atoms with van der Waals surface area (Å²) in [6.07, 6.45) is 4.72. The van der Waals surface area contributed by atoms with Gasteiger partial charge in [0.25, 0.3) is 0 Å². The van der Waals surface area contributed by atoms with Crippen LogP contribution >= 0.6 is 0 Å². The number of pyridine rings is 1. The maximum absolute atomic E-state index is 14.1. The van der Waals surface area contributed by atoms with E-state index in [-0.39, 0.29) is 11.9 Å². The van der Waals surface area contributed by atoms with E-state index in [0.29, 0.717) is 18.7 Å². The van der Waals surface area contributed by atoms with Crippen molar-refractivity contribution < 1.29 is 9.50 Å². The Morgan fingerprint density at radius 3 is 2.62 bits per heavy atom. The molecule has 1 aromatic carbocycles. The zero-order valence-electron chi connectivity index (χ0n) is 12.2. The van der Waals surface area contributed by atoms with E-state index in [1.54, 1.807) is 18.5 Å². The van der Waals surface area contributed by atoms with Gasteiger partial charge in [0.1, 0.15) is 5.82 Å². The standard InChI is InChI=1S/C17H21FN2O/c1-2-3-16(21)12-20-11-15-5-4-14(10-17(15)18)13-6-8-19-9-7-13/h4-10,16,20-21H,2-3,11-12H2,1H3. The van der Waals surface area contributed by atoms with Crippen LogP contribution in [-0.2, 0) is 6.54 Å². The van der Waals surface area contributed by atoms with Gasteiger partial charge in [-0.25, -0.2) is 4.39 Å². The number of aliphatic hydroxyl groups is 1. The summed E-state index contributed by atoms with van der Waals surface area (Å²) in [6.45, 7) is 2.93. The van der Waals surface area contributed by atoms with Crippen molar-refractivity contribution in [2.24, 2.45) is 0 Å². The number of nitrogens with one attached hydrogen (secondary N) is 1. The summed E-state index contributed by atoms with van der Waals surface area (Å²) >= 11 is 0. The summed E-state index contributed by atoms with van der Waals surface area (Å²) < 4.78 is 14.1. The Labute approximate surface area is 124 Å². The van der Waals surface area contributed by atoms with E-state index in [1.165, 1.54) is 6.07 Å². The van der Waals surface area contributed by atoms with Crippen LogP contribution < -0.4 is 5.32 Å². The molecular weight excluding hydrogens is 267 g/mol. The van der Waals surface area contributed by atoms with E-state index in [4.69, 9.17) is 0 Å². The average Bonchev–Trinajstić information content (AvgIpc) is 2.50. The Morgan fingerprint density at radius 2 is 1.95 bits per heavy atom. The third kappa shape index (κ3) is 4.62. The van der Waals surface area contributed by atoms with E-state index < -0.39 is 0 Å². The summed E-state index contributed by atoms with van der Waals surface area (Å²) in [5, 5.41) is 12.7. The molecule has 1 aromatic heterocycles. The molecule has 4 heteroatoms. The van der Waals surface area contributed by atoms with Gasteiger partial charge in [-0.05, 0) is 35.7 Å². The fourth-order valence-electron chi connectivity index (χ4n) is 2.22. The van der Waals surface area contributed by atoms with Crippen molar-refractivity contribution in [1.29, 1.82) is 0 Å². The van der Waals surface area contributed by atoms with Gasteiger partial charge in [-0.1, -0.05) is 25.5 Å². The molecule has 0 amide bonds. The quantitative estimate of drug-likeness (QED) is 0.822. The lowest BCUT2D eigenvalue weighted by Gasteiger charge is -2.11. The van der Waals surface area contributed by atoms with Gasteiger partial charge in [0.05, 0.1) is 6.10 Å². The molecule has 0 aliphatic carbocycles. The summed E-state index contributed by atoms with van der Waals surface area (Å²) in [7, 11) is 0. The maximum atomic E-state index is 14.1. The number of aliphatic hydroxyl groups excluding tert-OH is 1. The molecule has 0 saturated heterocycles. The number of nitrogens with zero attached hydrogens (tertiary/aromatic N) is 1. The number of halogens is 1. The van der Waals surface area contributed by atoms with Gasteiger partial charge >= 0.3 is 0 Å². The fraction of sp³-hybridized carbons (Fsp3) is 0.353. The van der Waals surface area contributed by atoms with Gasteiger partial charge in [0, 0.05) is 31.0 Å². The number of aromatic nitrogens is 1. The predicted molar refractivity (Wildman–Crippen MR) is 82.3 cm³/mol. The Bertz CT molecular complexity index is 560. The van der Waals surface area contributed by atoms with Crippen LogP contribution in [0.5, 0.6) is 0 Å². The largest absolute Gasteiger partial charge is 0.392 e. The van der Waals surface area contributed by atoms with Crippen LogP contribution in [0, 0.1) is 5.82 Å². The lowest BCUT2D eigenvalue weighted by atomic mass is 10.0. The first-order valence-electron chi connectivity index (χ1n) is 7.28. The first kappa shape index (κ1) is 15.6. The minimum atomic E-state index is -0.367. The van der Waals surface area contributed by atoms with Crippen molar-refractivity contribution in [3.05, 3.63) is 54.1 Å². The normalized spacial score (nSPS) is 12.3. The number of hydrogen-bond acceptors (Lipinski definition) is 3. The predicted octanol–water partition coefficient (Wildman–Crippen LogP) is 3.14. The Morgan fingerprint density at radius 1 is 1.19 bits per heavy atom. The summed E-state index contributed by atoms with van der Waals surface area (Å²) in [6, 6.07) is 8.93. The van der Waals surface area contributed by atoms with Crippen LogP contribution in [-0.4, -0.2) is 22.7 Å². The highest BCUT2D eigenvalue weighted by Gasteiger charge is 2.06. The first-order chi connectivity index (χ1) is 10.2. The van der Waals surface area contributed by atoms with E-state index in [9.17, 15) is 9.50 Å². The Kier molecular flexibility index (Phi) is 5.84. The molecule has 0 spiro atoms. The van der Waals surface area contributed by atoms with Crippen molar-refractivity contribution in [1.82, 2.24) is 10.3 Å². The molecule has 2 rings (SSSR count). The van der Waals surface area contributed by atoms with Gasteiger partial charge in [-0.3, -0.25) is 4.98 Å². The molecule has 0 aliphatic heterocycles. The molecular formula is C17H21FN2O. The van der Waals surface area contributed by atoms with Gasteiger partial charge in [0.15, 0.2) is 0 Å². The smallest absolute Gasteiger partial charge is 0.128 e. The zero-order chi connectivity index (χ0) is 15.1. The fourth-order valence-corrected chi connectivity index (χ4v) is 2.22. The van der Waals surface area contributed by atoms with Gasteiger partial charge in [0.2, 0.25) is 0 Å². The number of hydrogen-bond donors (Lipinski definition) is 2. The molecule has 0 saturated carbocycles. The number of benzene rings is 1.